The van der Waals surface area contributed by atoms with Gasteiger partial charge in [-0.15, -0.1) is 0 Å². The monoisotopic (exact) mass is 694 g/mol. The summed E-state index contributed by atoms with van der Waals surface area (Å²) in [6.07, 6.45) is 0. The molecule has 0 unspecified atom stereocenters. The van der Waals surface area contributed by atoms with Crippen molar-refractivity contribution in [3.63, 3.8) is 0 Å². The summed E-state index contributed by atoms with van der Waals surface area (Å²) in [5, 5.41) is 16.1. The quantitative estimate of drug-likeness (QED) is 0.125. The van der Waals surface area contributed by atoms with E-state index in [4.69, 9.17) is 0 Å². The van der Waals surface area contributed by atoms with Crippen LogP contribution in [0.25, 0.3) is 120 Å². The molecule has 11 aromatic rings. The highest BCUT2D eigenvalue weighted by Gasteiger charge is 2.37. The van der Waals surface area contributed by atoms with Gasteiger partial charge in [-0.05, 0) is 150 Å². The summed E-state index contributed by atoms with van der Waals surface area (Å²) in [7, 11) is 0. The average molecular weight is 695 g/mol. The molecule has 254 valence electrons. The second-order valence-electron chi connectivity index (χ2n) is 16.3. The number of rotatable bonds is 2. The van der Waals surface area contributed by atoms with Crippen LogP contribution < -0.4 is 0 Å². The zero-order valence-corrected chi connectivity index (χ0v) is 30.7. The molecule has 0 nitrogen and oxygen atoms in total. The zero-order chi connectivity index (χ0) is 36.2. The third-order valence-electron chi connectivity index (χ3n) is 13.3. The van der Waals surface area contributed by atoms with Crippen LogP contribution in [0.15, 0.2) is 170 Å². The SMILES string of the molecule is CC1(C)c2ccccc2-c2c1cc1c3ccc4c5c(ccc(c6cccc2c61)c53)-c1cc2c(-c3ccccc3)c3ccccc3c(-c3ccccc3)c2cc1-4. The maximum absolute atomic E-state index is 2.55. The lowest BCUT2D eigenvalue weighted by Gasteiger charge is -2.23. The smallest absolute Gasteiger partial charge is 0.0159 e. The Morgan fingerprint density at radius 2 is 0.782 bits per heavy atom. The molecule has 0 atom stereocenters. The Morgan fingerprint density at radius 1 is 0.273 bits per heavy atom. The van der Waals surface area contributed by atoms with Crippen molar-refractivity contribution in [2.75, 3.05) is 0 Å². The highest BCUT2D eigenvalue weighted by molar-refractivity contribution is 6.39. The summed E-state index contributed by atoms with van der Waals surface area (Å²) in [4.78, 5) is 0. The first-order chi connectivity index (χ1) is 27.1. The maximum atomic E-state index is 2.55. The van der Waals surface area contributed by atoms with Crippen LogP contribution in [-0.4, -0.2) is 0 Å². The first-order valence-corrected chi connectivity index (χ1v) is 19.5. The van der Waals surface area contributed by atoms with E-state index in [1.54, 1.807) is 0 Å². The lowest BCUT2D eigenvalue weighted by atomic mass is 9.80. The van der Waals surface area contributed by atoms with E-state index in [0.717, 1.165) is 0 Å². The van der Waals surface area contributed by atoms with E-state index in [1.807, 2.05) is 0 Å². The predicted molar refractivity (Wildman–Crippen MR) is 236 cm³/mol. The minimum Gasteiger partial charge on any atom is -0.0622 e. The van der Waals surface area contributed by atoms with E-state index in [9.17, 15) is 0 Å². The lowest BCUT2D eigenvalue weighted by Crippen LogP contribution is -2.14. The standard InChI is InChI=1S/C55H34/c1-55(2)47-23-12-11-20-40(47)52-41-22-13-21-35-36-24-25-37-42-28-44-45(29-43(42)38-26-27-39(53(36)54(37)38)46(51(35)41)30-48(52)55)50(32-16-7-4-8-17-32)34-19-10-9-18-33(34)49(44)31-14-5-3-6-15-31/h3-30H,1-2H3. The van der Waals surface area contributed by atoms with Crippen LogP contribution in [0.4, 0.5) is 0 Å². The Morgan fingerprint density at radius 3 is 1.42 bits per heavy atom. The molecule has 0 amide bonds. The minimum atomic E-state index is -0.0748. The Hall–Kier alpha value is -6.76. The van der Waals surface area contributed by atoms with Crippen LogP contribution in [0.3, 0.4) is 0 Å². The molecule has 0 spiro atoms. The molecule has 0 heteroatoms. The van der Waals surface area contributed by atoms with Gasteiger partial charge in [0.25, 0.3) is 0 Å². The fourth-order valence-corrected chi connectivity index (χ4v) is 11.0. The summed E-state index contributed by atoms with van der Waals surface area (Å²) in [6.45, 7) is 4.81. The molecule has 0 aromatic heterocycles. The largest absolute Gasteiger partial charge is 0.0622 e. The van der Waals surface area contributed by atoms with Crippen molar-refractivity contribution in [2.45, 2.75) is 19.3 Å². The number of hydrogen-bond acceptors (Lipinski definition) is 0. The van der Waals surface area contributed by atoms with Crippen molar-refractivity contribution < 1.29 is 0 Å². The molecule has 0 saturated heterocycles. The second kappa shape index (κ2) is 10.3. The number of hydrogen-bond donors (Lipinski definition) is 0. The van der Waals surface area contributed by atoms with Crippen LogP contribution in [0.1, 0.15) is 25.0 Å². The zero-order valence-electron chi connectivity index (χ0n) is 30.7. The molecule has 13 rings (SSSR count). The molecule has 55 heavy (non-hydrogen) atoms. The summed E-state index contributed by atoms with van der Waals surface area (Å²) in [5.41, 5.74) is 16.0. The summed E-state index contributed by atoms with van der Waals surface area (Å²) >= 11 is 0. The highest BCUT2D eigenvalue weighted by atomic mass is 14.4. The Kier molecular flexibility index (Phi) is 5.53. The topological polar surface area (TPSA) is 0 Å². The fourth-order valence-electron chi connectivity index (χ4n) is 11.0. The normalized spacial score (nSPS) is 13.8. The van der Waals surface area contributed by atoms with Gasteiger partial charge in [-0.1, -0.05) is 166 Å². The van der Waals surface area contributed by atoms with Gasteiger partial charge in [0.2, 0.25) is 0 Å². The molecule has 2 aliphatic rings. The first-order valence-electron chi connectivity index (χ1n) is 19.5. The molecular weight excluding hydrogens is 661 g/mol. The molecule has 0 fully saturated rings. The Labute approximate surface area is 319 Å². The molecule has 11 aromatic carbocycles. The second-order valence-corrected chi connectivity index (χ2v) is 16.3. The minimum absolute atomic E-state index is 0.0748. The first kappa shape index (κ1) is 29.7. The number of benzene rings is 11. The summed E-state index contributed by atoms with van der Waals surface area (Å²) < 4.78 is 0. The molecule has 0 N–H and O–H groups in total. The molecular formula is C55H34. The van der Waals surface area contributed by atoms with Crippen molar-refractivity contribution >= 4 is 64.6 Å². The van der Waals surface area contributed by atoms with Gasteiger partial charge in [0.15, 0.2) is 0 Å². The van der Waals surface area contributed by atoms with Gasteiger partial charge in [0.1, 0.15) is 0 Å². The molecule has 0 heterocycles. The van der Waals surface area contributed by atoms with E-state index < -0.39 is 0 Å². The van der Waals surface area contributed by atoms with Crippen molar-refractivity contribution in [2.24, 2.45) is 0 Å². The van der Waals surface area contributed by atoms with Crippen LogP contribution in [0.5, 0.6) is 0 Å². The number of fused-ring (bicyclic) bond motifs is 11. The Bertz CT molecular complexity index is 3360. The van der Waals surface area contributed by atoms with E-state index in [0.29, 0.717) is 0 Å². The van der Waals surface area contributed by atoms with Gasteiger partial charge < -0.3 is 0 Å². The van der Waals surface area contributed by atoms with E-state index in [1.165, 1.54) is 131 Å². The van der Waals surface area contributed by atoms with Gasteiger partial charge in [-0.25, -0.2) is 0 Å². The third-order valence-corrected chi connectivity index (χ3v) is 13.3. The van der Waals surface area contributed by atoms with Crippen LogP contribution in [-0.2, 0) is 5.41 Å². The van der Waals surface area contributed by atoms with Crippen molar-refractivity contribution in [3.8, 4) is 55.6 Å². The Balaban J connectivity index is 1.17. The highest BCUT2D eigenvalue weighted by Crippen LogP contribution is 2.58. The molecule has 0 bridgehead atoms. The van der Waals surface area contributed by atoms with Crippen molar-refractivity contribution in [1.82, 2.24) is 0 Å². The average Bonchev–Trinajstić information content (AvgIpc) is 3.67. The summed E-state index contributed by atoms with van der Waals surface area (Å²) in [6, 6.07) is 64.3. The van der Waals surface area contributed by atoms with Crippen LogP contribution in [0.2, 0.25) is 0 Å². The van der Waals surface area contributed by atoms with Crippen molar-refractivity contribution in [1.29, 1.82) is 0 Å². The van der Waals surface area contributed by atoms with Crippen molar-refractivity contribution in [3.05, 3.63) is 181 Å². The maximum Gasteiger partial charge on any atom is 0.0159 e. The molecule has 0 aliphatic heterocycles. The van der Waals surface area contributed by atoms with Crippen LogP contribution >= 0.6 is 0 Å². The third kappa shape index (κ3) is 3.63. The summed E-state index contributed by atoms with van der Waals surface area (Å²) in [5.74, 6) is 0. The van der Waals surface area contributed by atoms with Gasteiger partial charge in [-0.3, -0.25) is 0 Å². The van der Waals surface area contributed by atoms with Gasteiger partial charge in [0.05, 0.1) is 0 Å². The van der Waals surface area contributed by atoms with Gasteiger partial charge in [0, 0.05) is 5.41 Å². The van der Waals surface area contributed by atoms with Gasteiger partial charge in [-0.2, -0.15) is 0 Å². The predicted octanol–water partition coefficient (Wildman–Crippen LogP) is 15.3. The van der Waals surface area contributed by atoms with Crippen LogP contribution in [0, 0.1) is 0 Å². The van der Waals surface area contributed by atoms with E-state index in [2.05, 4.69) is 184 Å². The van der Waals surface area contributed by atoms with E-state index >= 15 is 0 Å². The fraction of sp³-hybridized carbons (Fsp3) is 0.0545. The molecule has 0 radical (unpaired) electrons. The molecule has 2 aliphatic carbocycles. The lowest BCUT2D eigenvalue weighted by molar-refractivity contribution is 0.661. The van der Waals surface area contributed by atoms with E-state index in [-0.39, 0.29) is 5.41 Å². The molecule has 0 saturated carbocycles. The van der Waals surface area contributed by atoms with Gasteiger partial charge >= 0.3 is 0 Å².